The van der Waals surface area contributed by atoms with E-state index in [0.717, 1.165) is 16.2 Å². The van der Waals surface area contributed by atoms with Crippen LogP contribution in [0.15, 0.2) is 46.3 Å². The van der Waals surface area contributed by atoms with Crippen LogP contribution in [-0.4, -0.2) is 28.9 Å². The number of ether oxygens (including phenoxy) is 1. The van der Waals surface area contributed by atoms with Crippen molar-refractivity contribution in [1.29, 1.82) is 0 Å². The van der Waals surface area contributed by atoms with Gasteiger partial charge in [0.25, 0.3) is 0 Å². The molecule has 140 valence electrons. The number of benzene rings is 1. The number of thiophene rings is 1. The number of carbonyl (C=O) groups is 2. The van der Waals surface area contributed by atoms with E-state index in [1.165, 1.54) is 11.3 Å². The summed E-state index contributed by atoms with van der Waals surface area (Å²) in [7, 11) is 1.60. The fourth-order valence-corrected chi connectivity index (χ4v) is 3.11. The van der Waals surface area contributed by atoms with Crippen LogP contribution >= 0.6 is 11.3 Å². The molecule has 0 bridgehead atoms. The van der Waals surface area contributed by atoms with Crippen LogP contribution in [0.4, 0.5) is 0 Å². The standard InChI is InChI=1S/C19H19N3O4S/c1-25-14-9-7-13(8-10-14)19-21-18(26-22-19)12-20-17(24)6-2-4-15(23)16-5-3-11-27-16/h3,5,7-11H,2,4,6,12H2,1H3,(H,20,24). The molecule has 0 atom stereocenters. The molecule has 0 saturated heterocycles. The number of carbonyl (C=O) groups excluding carboxylic acids is 2. The highest BCUT2D eigenvalue weighted by Gasteiger charge is 2.11. The first-order valence-corrected chi connectivity index (χ1v) is 9.34. The number of nitrogens with zero attached hydrogens (tertiary/aromatic N) is 2. The Hall–Kier alpha value is -3.00. The van der Waals surface area contributed by atoms with E-state index in [2.05, 4.69) is 15.5 Å². The highest BCUT2D eigenvalue weighted by molar-refractivity contribution is 7.12. The highest BCUT2D eigenvalue weighted by atomic mass is 32.1. The van der Waals surface area contributed by atoms with E-state index >= 15 is 0 Å². The zero-order valence-electron chi connectivity index (χ0n) is 14.8. The molecule has 0 aliphatic rings. The van der Waals surface area contributed by atoms with Gasteiger partial charge in [0.15, 0.2) is 5.78 Å². The fraction of sp³-hybridized carbons (Fsp3) is 0.263. The third-order valence-electron chi connectivity index (χ3n) is 3.86. The lowest BCUT2D eigenvalue weighted by Gasteiger charge is -2.02. The van der Waals surface area contributed by atoms with Crippen molar-refractivity contribution in [3.05, 3.63) is 52.5 Å². The van der Waals surface area contributed by atoms with Crippen LogP contribution in [0.25, 0.3) is 11.4 Å². The summed E-state index contributed by atoms with van der Waals surface area (Å²) in [4.78, 5) is 28.8. The van der Waals surface area contributed by atoms with Gasteiger partial charge in [0.05, 0.1) is 18.5 Å². The van der Waals surface area contributed by atoms with E-state index in [1.807, 2.05) is 35.7 Å². The summed E-state index contributed by atoms with van der Waals surface area (Å²) in [6.07, 6.45) is 1.14. The lowest BCUT2D eigenvalue weighted by Crippen LogP contribution is -2.22. The number of rotatable bonds is 9. The summed E-state index contributed by atoms with van der Waals surface area (Å²) < 4.78 is 10.3. The second kappa shape index (κ2) is 9.09. The van der Waals surface area contributed by atoms with Gasteiger partial charge in [-0.1, -0.05) is 11.2 Å². The molecule has 0 fully saturated rings. The molecule has 2 heterocycles. The Labute approximate surface area is 160 Å². The third-order valence-corrected chi connectivity index (χ3v) is 4.77. The normalized spacial score (nSPS) is 10.6. The quantitative estimate of drug-likeness (QED) is 0.567. The molecule has 1 aromatic carbocycles. The number of methoxy groups -OCH3 is 1. The van der Waals surface area contributed by atoms with Crippen LogP contribution in [0.5, 0.6) is 5.75 Å². The summed E-state index contributed by atoms with van der Waals surface area (Å²) in [5, 5.41) is 8.50. The monoisotopic (exact) mass is 385 g/mol. The van der Waals surface area contributed by atoms with Crippen LogP contribution in [0.3, 0.4) is 0 Å². The molecule has 0 aliphatic heterocycles. The minimum Gasteiger partial charge on any atom is -0.497 e. The molecule has 0 spiro atoms. The highest BCUT2D eigenvalue weighted by Crippen LogP contribution is 2.19. The van der Waals surface area contributed by atoms with Gasteiger partial charge in [0.2, 0.25) is 17.6 Å². The molecule has 3 rings (SSSR count). The van der Waals surface area contributed by atoms with Crippen LogP contribution < -0.4 is 10.1 Å². The molecular formula is C19H19N3O4S. The van der Waals surface area contributed by atoms with Gasteiger partial charge in [-0.15, -0.1) is 11.3 Å². The van der Waals surface area contributed by atoms with Crippen molar-refractivity contribution < 1.29 is 18.8 Å². The first kappa shape index (κ1) is 18.8. The van der Waals surface area contributed by atoms with Crippen LogP contribution in [-0.2, 0) is 11.3 Å². The largest absolute Gasteiger partial charge is 0.497 e. The Morgan fingerprint density at radius 1 is 1.19 bits per heavy atom. The van der Waals surface area contributed by atoms with Gasteiger partial charge in [0.1, 0.15) is 5.75 Å². The summed E-state index contributed by atoms with van der Waals surface area (Å²) >= 11 is 1.42. The van der Waals surface area contributed by atoms with Gasteiger partial charge in [-0.3, -0.25) is 9.59 Å². The van der Waals surface area contributed by atoms with Crippen LogP contribution in [0.1, 0.15) is 34.8 Å². The third kappa shape index (κ3) is 5.24. The fourth-order valence-electron chi connectivity index (χ4n) is 2.42. The number of nitrogens with one attached hydrogen (secondary N) is 1. The number of aromatic nitrogens is 2. The maximum absolute atomic E-state index is 11.9. The zero-order chi connectivity index (χ0) is 19.1. The average molecular weight is 385 g/mol. The smallest absolute Gasteiger partial charge is 0.246 e. The second-order valence-electron chi connectivity index (χ2n) is 5.77. The van der Waals surface area contributed by atoms with Gasteiger partial charge in [-0.05, 0) is 42.1 Å². The van der Waals surface area contributed by atoms with E-state index < -0.39 is 0 Å². The van der Waals surface area contributed by atoms with Crippen molar-refractivity contribution in [3.8, 4) is 17.1 Å². The van der Waals surface area contributed by atoms with E-state index in [-0.39, 0.29) is 24.7 Å². The molecule has 0 radical (unpaired) electrons. The molecule has 2 aromatic heterocycles. The molecule has 0 saturated carbocycles. The lowest BCUT2D eigenvalue weighted by atomic mass is 10.1. The van der Waals surface area contributed by atoms with Crippen molar-refractivity contribution in [3.63, 3.8) is 0 Å². The van der Waals surface area contributed by atoms with Crippen molar-refractivity contribution in [2.45, 2.75) is 25.8 Å². The van der Waals surface area contributed by atoms with E-state index in [4.69, 9.17) is 9.26 Å². The Bertz CT molecular complexity index is 888. The van der Waals surface area contributed by atoms with Crippen LogP contribution in [0, 0.1) is 0 Å². The maximum atomic E-state index is 11.9. The molecule has 8 heteroatoms. The van der Waals surface area contributed by atoms with Crippen molar-refractivity contribution in [1.82, 2.24) is 15.5 Å². The van der Waals surface area contributed by atoms with Gasteiger partial charge in [-0.2, -0.15) is 4.98 Å². The molecule has 1 amide bonds. The van der Waals surface area contributed by atoms with Gasteiger partial charge < -0.3 is 14.6 Å². The molecule has 0 unspecified atom stereocenters. The topological polar surface area (TPSA) is 94.3 Å². The first-order valence-electron chi connectivity index (χ1n) is 8.46. The summed E-state index contributed by atoms with van der Waals surface area (Å²) in [6.45, 7) is 0.154. The molecule has 7 nitrogen and oxygen atoms in total. The average Bonchev–Trinajstić information content (AvgIpc) is 3.38. The lowest BCUT2D eigenvalue weighted by molar-refractivity contribution is -0.121. The number of Topliss-reactive ketones (excluding diaryl/α,β-unsaturated/α-hetero) is 1. The summed E-state index contributed by atoms with van der Waals surface area (Å²) in [5.74, 6) is 1.43. The molecular weight excluding hydrogens is 366 g/mol. The minimum atomic E-state index is -0.154. The molecule has 3 aromatic rings. The number of hydrogen-bond acceptors (Lipinski definition) is 7. The number of hydrogen-bond donors (Lipinski definition) is 1. The summed E-state index contributed by atoms with van der Waals surface area (Å²) in [5.41, 5.74) is 0.796. The van der Waals surface area contributed by atoms with E-state index in [1.54, 1.807) is 13.2 Å². The first-order chi connectivity index (χ1) is 13.2. The van der Waals surface area contributed by atoms with Crippen molar-refractivity contribution >= 4 is 23.0 Å². The van der Waals surface area contributed by atoms with Gasteiger partial charge in [-0.25, -0.2) is 0 Å². The Morgan fingerprint density at radius 3 is 2.70 bits per heavy atom. The van der Waals surface area contributed by atoms with Crippen molar-refractivity contribution in [2.24, 2.45) is 0 Å². The predicted octanol–water partition coefficient (Wildman–Crippen LogP) is 3.48. The van der Waals surface area contributed by atoms with E-state index in [0.29, 0.717) is 24.6 Å². The van der Waals surface area contributed by atoms with Gasteiger partial charge >= 0.3 is 0 Å². The Morgan fingerprint density at radius 2 is 2.00 bits per heavy atom. The van der Waals surface area contributed by atoms with Crippen molar-refractivity contribution in [2.75, 3.05) is 7.11 Å². The SMILES string of the molecule is COc1ccc(-c2noc(CNC(=O)CCCC(=O)c3cccs3)n2)cc1. The molecule has 0 aliphatic carbocycles. The van der Waals surface area contributed by atoms with E-state index in [9.17, 15) is 9.59 Å². The number of ketones is 1. The Balaban J connectivity index is 1.42. The van der Waals surface area contributed by atoms with Crippen LogP contribution in [0.2, 0.25) is 0 Å². The molecule has 1 N–H and O–H groups in total. The summed E-state index contributed by atoms with van der Waals surface area (Å²) in [6, 6.07) is 10.9. The number of amides is 1. The maximum Gasteiger partial charge on any atom is 0.246 e. The predicted molar refractivity (Wildman–Crippen MR) is 101 cm³/mol. The zero-order valence-corrected chi connectivity index (χ0v) is 15.6. The molecule has 27 heavy (non-hydrogen) atoms. The van der Waals surface area contributed by atoms with Gasteiger partial charge in [0, 0.05) is 18.4 Å². The Kier molecular flexibility index (Phi) is 6.32. The minimum absolute atomic E-state index is 0.0684. The second-order valence-corrected chi connectivity index (χ2v) is 6.72.